The second-order valence-electron chi connectivity index (χ2n) is 8.64. The molecule has 0 spiro atoms. The Bertz CT molecular complexity index is 1290. The monoisotopic (exact) mass is 515 g/mol. The zero-order valence-corrected chi connectivity index (χ0v) is 20.1. The lowest BCUT2D eigenvalue weighted by molar-refractivity contribution is -0.145. The zero-order valence-electron chi connectivity index (χ0n) is 20.1. The second-order valence-corrected chi connectivity index (χ2v) is 8.64. The molecule has 3 aromatic heterocycles. The Labute approximate surface area is 210 Å². The van der Waals surface area contributed by atoms with E-state index >= 15 is 0 Å². The summed E-state index contributed by atoms with van der Waals surface area (Å²) >= 11 is 0. The van der Waals surface area contributed by atoms with E-state index < -0.39 is 12.0 Å². The predicted molar refractivity (Wildman–Crippen MR) is 127 cm³/mol. The first-order valence-electron chi connectivity index (χ1n) is 11.6. The summed E-state index contributed by atoms with van der Waals surface area (Å²) in [6, 6.07) is 3.00. The fourth-order valence-electron chi connectivity index (χ4n) is 4.30. The Kier molecular flexibility index (Phi) is 6.50. The summed E-state index contributed by atoms with van der Waals surface area (Å²) in [6.45, 7) is 1.54. The topological polar surface area (TPSA) is 121 Å². The molecule has 0 aromatic carbocycles. The highest BCUT2D eigenvalue weighted by molar-refractivity contribution is 6.05. The van der Waals surface area contributed by atoms with Gasteiger partial charge in [0.15, 0.2) is 11.6 Å². The SMILES string of the molecule is CNCC1C(=O)N2CCCc3nc(NCc4ccc(Oc5cnc(C(F)(F)F)nc5)nc4)nc(c32)N1C. The Balaban J connectivity index is 1.27. The minimum absolute atomic E-state index is 0.0380. The van der Waals surface area contributed by atoms with Crippen LogP contribution >= 0.6 is 0 Å². The lowest BCUT2D eigenvalue weighted by Crippen LogP contribution is -2.57. The van der Waals surface area contributed by atoms with E-state index in [0.717, 1.165) is 42.2 Å². The predicted octanol–water partition coefficient (Wildman–Crippen LogP) is 2.40. The van der Waals surface area contributed by atoms with Gasteiger partial charge in [-0.15, -0.1) is 0 Å². The number of carbonyl (C=O) groups is 1. The van der Waals surface area contributed by atoms with Gasteiger partial charge in [-0.25, -0.2) is 19.9 Å². The number of aryl methyl sites for hydroxylation is 1. The molecular weight excluding hydrogens is 491 g/mol. The third-order valence-corrected chi connectivity index (χ3v) is 6.11. The molecule has 1 amide bonds. The lowest BCUT2D eigenvalue weighted by atomic mass is 10.0. The summed E-state index contributed by atoms with van der Waals surface area (Å²) in [6.07, 6.45) is 0.436. The molecule has 0 radical (unpaired) electrons. The Morgan fingerprint density at radius 2 is 1.92 bits per heavy atom. The molecule has 14 heteroatoms. The fourth-order valence-corrected chi connectivity index (χ4v) is 4.30. The van der Waals surface area contributed by atoms with Gasteiger partial charge < -0.3 is 25.2 Å². The van der Waals surface area contributed by atoms with Gasteiger partial charge >= 0.3 is 6.18 Å². The Morgan fingerprint density at radius 3 is 2.59 bits per heavy atom. The fraction of sp³-hybridized carbons (Fsp3) is 0.391. The smallest absolute Gasteiger partial charge is 0.436 e. The van der Waals surface area contributed by atoms with Crippen LogP contribution in [0.2, 0.25) is 0 Å². The number of amides is 1. The minimum atomic E-state index is -4.62. The highest BCUT2D eigenvalue weighted by Crippen LogP contribution is 2.39. The van der Waals surface area contributed by atoms with Crippen LogP contribution in [0.1, 0.15) is 23.5 Å². The molecule has 3 aromatic rings. The summed E-state index contributed by atoms with van der Waals surface area (Å²) in [5, 5.41) is 6.30. The molecule has 0 aliphatic carbocycles. The van der Waals surface area contributed by atoms with Crippen LogP contribution in [0.5, 0.6) is 11.6 Å². The summed E-state index contributed by atoms with van der Waals surface area (Å²) in [5.74, 6) is 0.191. The van der Waals surface area contributed by atoms with Gasteiger partial charge in [0, 0.05) is 38.9 Å². The molecule has 2 aliphatic heterocycles. The second kappa shape index (κ2) is 9.76. The molecule has 0 fully saturated rings. The maximum atomic E-state index is 13.0. The van der Waals surface area contributed by atoms with E-state index in [9.17, 15) is 18.0 Å². The average molecular weight is 516 g/mol. The van der Waals surface area contributed by atoms with E-state index in [0.29, 0.717) is 31.4 Å². The van der Waals surface area contributed by atoms with Crippen LogP contribution in [0.15, 0.2) is 30.7 Å². The third-order valence-electron chi connectivity index (χ3n) is 6.11. The van der Waals surface area contributed by atoms with Gasteiger partial charge in [0.1, 0.15) is 11.7 Å². The van der Waals surface area contributed by atoms with E-state index in [1.165, 1.54) is 0 Å². The highest BCUT2D eigenvalue weighted by atomic mass is 19.4. The molecule has 5 rings (SSSR count). The van der Waals surface area contributed by atoms with E-state index in [1.54, 1.807) is 23.2 Å². The Hall–Kier alpha value is -4.07. The Morgan fingerprint density at radius 1 is 1.14 bits per heavy atom. The number of likely N-dealkylation sites (N-methyl/N-ethyl adjacent to an activating group) is 2. The molecule has 37 heavy (non-hydrogen) atoms. The first-order valence-corrected chi connectivity index (χ1v) is 11.6. The minimum Gasteiger partial charge on any atom is -0.436 e. The molecule has 0 saturated carbocycles. The van der Waals surface area contributed by atoms with Crippen molar-refractivity contribution >= 4 is 23.4 Å². The maximum absolute atomic E-state index is 13.0. The van der Waals surface area contributed by atoms with Gasteiger partial charge in [-0.2, -0.15) is 18.2 Å². The maximum Gasteiger partial charge on any atom is 0.451 e. The molecule has 0 bridgehead atoms. The van der Waals surface area contributed by atoms with Crippen LogP contribution in [0.3, 0.4) is 0 Å². The van der Waals surface area contributed by atoms with Crippen LogP contribution in [0.4, 0.5) is 30.6 Å². The van der Waals surface area contributed by atoms with Crippen LogP contribution in [-0.4, -0.2) is 64.1 Å². The van der Waals surface area contributed by atoms with Crippen molar-refractivity contribution in [3.05, 3.63) is 47.8 Å². The van der Waals surface area contributed by atoms with Crippen molar-refractivity contribution in [3.8, 4) is 11.6 Å². The number of alkyl halides is 3. The molecule has 1 atom stereocenters. The number of anilines is 3. The molecule has 194 valence electrons. The van der Waals surface area contributed by atoms with Crippen molar-refractivity contribution in [1.82, 2.24) is 30.2 Å². The molecule has 5 heterocycles. The molecular formula is C23H24F3N9O2. The van der Waals surface area contributed by atoms with E-state index in [4.69, 9.17) is 9.72 Å². The number of ether oxygens (including phenoxy) is 1. The molecule has 2 aliphatic rings. The van der Waals surface area contributed by atoms with E-state index in [2.05, 4.69) is 30.6 Å². The van der Waals surface area contributed by atoms with Gasteiger partial charge in [0.25, 0.3) is 5.91 Å². The number of nitrogens with one attached hydrogen (secondary N) is 2. The van der Waals surface area contributed by atoms with Crippen molar-refractivity contribution in [3.63, 3.8) is 0 Å². The largest absolute Gasteiger partial charge is 0.451 e. The lowest BCUT2D eigenvalue weighted by Gasteiger charge is -2.42. The quantitative estimate of drug-likeness (QED) is 0.485. The van der Waals surface area contributed by atoms with Crippen molar-refractivity contribution in [1.29, 1.82) is 0 Å². The number of aromatic nitrogens is 5. The van der Waals surface area contributed by atoms with Crippen LogP contribution in [0, 0.1) is 0 Å². The summed E-state index contributed by atoms with van der Waals surface area (Å²) in [4.78, 5) is 36.8. The van der Waals surface area contributed by atoms with Crippen LogP contribution in [-0.2, 0) is 23.9 Å². The van der Waals surface area contributed by atoms with Crippen molar-refractivity contribution in [2.24, 2.45) is 0 Å². The van der Waals surface area contributed by atoms with Crippen molar-refractivity contribution < 1.29 is 22.7 Å². The molecule has 11 nitrogen and oxygen atoms in total. The zero-order chi connectivity index (χ0) is 26.2. The van der Waals surface area contributed by atoms with Crippen LogP contribution < -0.4 is 25.2 Å². The summed E-state index contributed by atoms with van der Waals surface area (Å²) < 4.78 is 43.2. The third kappa shape index (κ3) is 4.96. The number of pyridine rings is 1. The standard InChI is InChI=1S/C23H24F3N9O2/c1-27-12-16-20(36)35-7-3-4-15-18(35)19(34(16)2)33-22(32-15)31-9-13-5-6-17(28-8-13)37-14-10-29-21(30-11-14)23(24,25)26/h5-6,8,10-11,16,27H,3-4,7,9,12H2,1-2H3,(H,31,32,33). The van der Waals surface area contributed by atoms with E-state index in [-0.39, 0.29) is 23.6 Å². The van der Waals surface area contributed by atoms with Gasteiger partial charge in [0.05, 0.1) is 18.1 Å². The number of carbonyl (C=O) groups excluding carboxylic acids is 1. The number of hydrogen-bond acceptors (Lipinski definition) is 10. The summed E-state index contributed by atoms with van der Waals surface area (Å²) in [5.41, 5.74) is 2.43. The molecule has 1 unspecified atom stereocenters. The van der Waals surface area contributed by atoms with Gasteiger partial charge in [-0.05, 0) is 25.5 Å². The highest BCUT2D eigenvalue weighted by Gasteiger charge is 2.40. The van der Waals surface area contributed by atoms with Gasteiger partial charge in [0.2, 0.25) is 17.7 Å². The molecule has 0 saturated heterocycles. The van der Waals surface area contributed by atoms with Crippen molar-refractivity contribution in [2.75, 3.05) is 42.3 Å². The number of rotatable bonds is 7. The van der Waals surface area contributed by atoms with Crippen LogP contribution in [0.25, 0.3) is 0 Å². The number of halogens is 3. The first kappa shape index (κ1) is 24.6. The molecule has 2 N–H and O–H groups in total. The average Bonchev–Trinajstić information content (AvgIpc) is 2.89. The first-order chi connectivity index (χ1) is 17.7. The number of nitrogens with zero attached hydrogens (tertiary/aromatic N) is 7. The van der Waals surface area contributed by atoms with Crippen molar-refractivity contribution in [2.45, 2.75) is 31.6 Å². The van der Waals surface area contributed by atoms with Gasteiger partial charge in [-0.1, -0.05) is 6.07 Å². The summed E-state index contributed by atoms with van der Waals surface area (Å²) in [7, 11) is 3.68. The van der Waals surface area contributed by atoms with E-state index in [1.807, 2.05) is 19.0 Å². The normalized spacial score (nSPS) is 17.0. The number of hydrogen-bond donors (Lipinski definition) is 2. The van der Waals surface area contributed by atoms with Gasteiger partial charge in [-0.3, -0.25) is 4.79 Å².